The van der Waals surface area contributed by atoms with E-state index in [2.05, 4.69) is 49.1 Å². The van der Waals surface area contributed by atoms with Crippen LogP contribution in [0.4, 0.5) is 17.3 Å². The Kier molecular flexibility index (Phi) is 13.5. The third-order valence-electron chi connectivity index (χ3n) is 10.1. The van der Waals surface area contributed by atoms with E-state index in [4.69, 9.17) is 9.72 Å². The first-order valence-electron chi connectivity index (χ1n) is 19.4. The molecule has 2 aliphatic heterocycles. The van der Waals surface area contributed by atoms with Crippen LogP contribution in [0.15, 0.2) is 66.1 Å². The summed E-state index contributed by atoms with van der Waals surface area (Å²) in [4.78, 5) is 57.7. The van der Waals surface area contributed by atoms with Crippen molar-refractivity contribution in [2.24, 2.45) is 0 Å². The van der Waals surface area contributed by atoms with Crippen molar-refractivity contribution in [1.82, 2.24) is 39.4 Å². The van der Waals surface area contributed by atoms with Gasteiger partial charge in [0, 0.05) is 63.4 Å². The van der Waals surface area contributed by atoms with Gasteiger partial charge in [0.15, 0.2) is 11.5 Å². The molecular formula is C40H54N10O6. The molecule has 4 aromatic rings. The number of likely N-dealkylation sites (tertiary alicyclic amines) is 1. The molecule has 1 aromatic carbocycles. The van der Waals surface area contributed by atoms with Gasteiger partial charge in [0.1, 0.15) is 17.6 Å². The van der Waals surface area contributed by atoms with E-state index in [0.717, 1.165) is 69.8 Å². The Bertz CT molecular complexity index is 2020. The van der Waals surface area contributed by atoms with E-state index >= 15 is 0 Å². The summed E-state index contributed by atoms with van der Waals surface area (Å²) < 4.78 is 8.63. The van der Waals surface area contributed by atoms with Crippen LogP contribution in [0, 0.1) is 0 Å². The molecule has 16 heteroatoms. The summed E-state index contributed by atoms with van der Waals surface area (Å²) in [6, 6.07) is 13.5. The molecule has 1 atom stereocenters. The number of anilines is 3. The van der Waals surface area contributed by atoms with E-state index in [1.165, 1.54) is 10.9 Å². The maximum atomic E-state index is 13.3. The van der Waals surface area contributed by atoms with Gasteiger partial charge in [-0.25, -0.2) is 19.3 Å². The van der Waals surface area contributed by atoms with Gasteiger partial charge in [0.05, 0.1) is 24.9 Å². The molecule has 300 valence electrons. The summed E-state index contributed by atoms with van der Waals surface area (Å²) in [6.07, 6.45) is 7.40. The molecule has 5 heterocycles. The molecule has 0 radical (unpaired) electrons. The Balaban J connectivity index is 0.915. The molecular weight excluding hydrogens is 717 g/mol. The van der Waals surface area contributed by atoms with Crippen LogP contribution in [0.3, 0.4) is 0 Å². The van der Waals surface area contributed by atoms with Crippen molar-refractivity contribution in [3.63, 3.8) is 0 Å². The number of allylic oxidation sites excluding steroid dienone is 1. The molecule has 2 amide bonds. The Labute approximate surface area is 326 Å². The van der Waals surface area contributed by atoms with Crippen molar-refractivity contribution in [1.29, 1.82) is 0 Å². The summed E-state index contributed by atoms with van der Waals surface area (Å²) in [5.41, 5.74) is 1.38. The third-order valence-corrected chi connectivity index (χ3v) is 10.1. The highest BCUT2D eigenvalue weighted by molar-refractivity contribution is 5.85. The first-order chi connectivity index (χ1) is 27.0. The van der Waals surface area contributed by atoms with Crippen molar-refractivity contribution in [3.05, 3.63) is 77.4 Å². The molecule has 56 heavy (non-hydrogen) atoms. The summed E-state index contributed by atoms with van der Waals surface area (Å²) in [5, 5.41) is 26.3. The van der Waals surface area contributed by atoms with Gasteiger partial charge in [-0.1, -0.05) is 25.0 Å². The number of ether oxygens (including phenoxy) is 1. The molecule has 1 unspecified atom stereocenters. The summed E-state index contributed by atoms with van der Waals surface area (Å²) >= 11 is 0. The third kappa shape index (κ3) is 10.4. The topological polar surface area (TPSA) is 183 Å². The van der Waals surface area contributed by atoms with Crippen molar-refractivity contribution in [2.75, 3.05) is 75.8 Å². The number of benzene rings is 1. The summed E-state index contributed by atoms with van der Waals surface area (Å²) in [7, 11) is 0. The zero-order valence-corrected chi connectivity index (χ0v) is 32.4. The maximum absolute atomic E-state index is 13.3. The largest absolute Gasteiger partial charge is 0.391 e. The molecule has 6 rings (SSSR count). The van der Waals surface area contributed by atoms with Gasteiger partial charge in [-0.15, -0.1) is 6.58 Å². The molecule has 2 aliphatic rings. The lowest BCUT2D eigenvalue weighted by Crippen LogP contribution is -2.46. The van der Waals surface area contributed by atoms with E-state index in [-0.39, 0.29) is 37.1 Å². The van der Waals surface area contributed by atoms with Crippen LogP contribution in [0.1, 0.15) is 51.6 Å². The van der Waals surface area contributed by atoms with Gasteiger partial charge in [0.25, 0.3) is 5.56 Å². The van der Waals surface area contributed by atoms with Crippen LogP contribution < -0.4 is 21.1 Å². The van der Waals surface area contributed by atoms with Crippen molar-refractivity contribution in [2.45, 2.75) is 64.2 Å². The predicted octanol–water partition coefficient (Wildman–Crippen LogP) is 2.54. The number of β-amino-alcohol motifs (C(OH)–C–C–N with tert-alkyl or cyclic N) is 1. The molecule has 16 nitrogen and oxygen atoms in total. The lowest BCUT2D eigenvalue weighted by atomic mass is 10.1. The quantitative estimate of drug-likeness (QED) is 0.0859. The van der Waals surface area contributed by atoms with E-state index in [1.54, 1.807) is 47.7 Å². The monoisotopic (exact) mass is 770 g/mol. The van der Waals surface area contributed by atoms with E-state index < -0.39 is 11.7 Å². The zero-order valence-electron chi connectivity index (χ0n) is 32.4. The summed E-state index contributed by atoms with van der Waals surface area (Å²) in [5.74, 6) is 0.299. The molecule has 0 aliphatic carbocycles. The number of nitrogens with zero attached hydrogens (tertiary/aromatic N) is 8. The number of rotatable bonds is 18. The standard InChI is InChI=1S/C40H54N10O6/c1-4-17-49-38(54)32-25-42-39(45-37(32)50(49)34-11-9-10-33(44-34)40(2,3)55)43-29-12-14-30(15-13-29)47-22-20-46(21-23-47)18-7-5-6-8-24-56-28-35(52)41-26-36(53)48-19-16-31(51)27-48/h4,9-15,25,31,51,55H,1,5-8,16-24,26-28H2,2-3H3,(H,41,52)(H,42,43,45). The number of fused-ring (bicyclic) bond motifs is 1. The number of nitrogens with one attached hydrogen (secondary N) is 2. The van der Waals surface area contributed by atoms with Gasteiger partial charge in [0.2, 0.25) is 17.8 Å². The van der Waals surface area contributed by atoms with Crippen molar-refractivity contribution >= 4 is 40.2 Å². The highest BCUT2D eigenvalue weighted by Crippen LogP contribution is 2.24. The number of aromatic nitrogens is 5. The number of hydrogen-bond donors (Lipinski definition) is 4. The Morgan fingerprint density at radius 1 is 1.02 bits per heavy atom. The van der Waals surface area contributed by atoms with Crippen molar-refractivity contribution < 1.29 is 24.5 Å². The van der Waals surface area contributed by atoms with Crippen LogP contribution >= 0.6 is 0 Å². The molecule has 0 spiro atoms. The number of amides is 2. The van der Waals surface area contributed by atoms with Crippen LogP contribution in [0.2, 0.25) is 0 Å². The molecule has 2 saturated heterocycles. The number of carbonyl (C=O) groups excluding carboxylic acids is 2. The molecule has 4 N–H and O–H groups in total. The zero-order chi connectivity index (χ0) is 39.7. The highest BCUT2D eigenvalue weighted by Gasteiger charge is 2.25. The minimum atomic E-state index is -1.17. The van der Waals surface area contributed by atoms with E-state index in [9.17, 15) is 24.6 Å². The Morgan fingerprint density at radius 3 is 2.50 bits per heavy atom. The van der Waals surface area contributed by atoms with Gasteiger partial charge >= 0.3 is 0 Å². The van der Waals surface area contributed by atoms with Gasteiger partial charge in [-0.2, -0.15) is 4.98 Å². The lowest BCUT2D eigenvalue weighted by molar-refractivity contribution is -0.133. The van der Waals surface area contributed by atoms with Gasteiger partial charge < -0.3 is 35.4 Å². The lowest BCUT2D eigenvalue weighted by Gasteiger charge is -2.36. The smallest absolute Gasteiger partial charge is 0.278 e. The molecule has 0 saturated carbocycles. The highest BCUT2D eigenvalue weighted by atomic mass is 16.5. The minimum Gasteiger partial charge on any atom is -0.391 e. The second-order valence-corrected chi connectivity index (χ2v) is 14.9. The van der Waals surface area contributed by atoms with Crippen LogP contribution in [0.25, 0.3) is 16.9 Å². The van der Waals surface area contributed by atoms with E-state index in [1.807, 2.05) is 12.1 Å². The van der Waals surface area contributed by atoms with E-state index in [0.29, 0.717) is 54.6 Å². The fraction of sp³-hybridized carbons (Fsp3) is 0.500. The fourth-order valence-electron chi connectivity index (χ4n) is 6.97. The normalized spacial score (nSPS) is 16.4. The minimum absolute atomic E-state index is 0.0553. The van der Waals surface area contributed by atoms with Crippen LogP contribution in [-0.2, 0) is 26.5 Å². The molecule has 0 bridgehead atoms. The maximum Gasteiger partial charge on any atom is 0.278 e. The fourth-order valence-corrected chi connectivity index (χ4v) is 6.97. The average molecular weight is 771 g/mol. The van der Waals surface area contributed by atoms with Gasteiger partial charge in [-0.05, 0) is 76.1 Å². The summed E-state index contributed by atoms with van der Waals surface area (Å²) in [6.45, 7) is 13.5. The number of pyridine rings is 1. The second kappa shape index (κ2) is 18.7. The number of unbranched alkanes of at least 4 members (excludes halogenated alkanes) is 3. The number of aliphatic hydroxyl groups excluding tert-OH is 1. The first kappa shape index (κ1) is 40.5. The van der Waals surface area contributed by atoms with Crippen molar-refractivity contribution in [3.8, 4) is 5.82 Å². The molecule has 3 aromatic heterocycles. The number of piperazine rings is 1. The van der Waals surface area contributed by atoms with Crippen LogP contribution in [-0.4, -0.2) is 128 Å². The van der Waals surface area contributed by atoms with Gasteiger partial charge in [-0.3, -0.25) is 19.3 Å². The molecule has 2 fully saturated rings. The number of hydrogen-bond acceptors (Lipinski definition) is 12. The van der Waals surface area contributed by atoms with Crippen LogP contribution in [0.5, 0.6) is 0 Å². The average Bonchev–Trinajstić information content (AvgIpc) is 3.75. The SMILES string of the molecule is C=CCn1c(=O)c2cnc(Nc3ccc(N4CCN(CCCCCCOCC(=O)NCC(=O)N5CCC(O)C5)CC4)cc3)nc2n1-c1cccc(C(C)(C)O)n1. The number of aliphatic hydroxyl groups is 2. The predicted molar refractivity (Wildman–Crippen MR) is 214 cm³/mol. The Morgan fingerprint density at radius 2 is 1.79 bits per heavy atom. The second-order valence-electron chi connectivity index (χ2n) is 14.9. The number of carbonyl (C=O) groups is 2. The first-order valence-corrected chi connectivity index (χ1v) is 19.4. The Hall–Kier alpha value is -5.16.